The van der Waals surface area contributed by atoms with Crippen molar-refractivity contribution in [3.8, 4) is 0 Å². The predicted molar refractivity (Wildman–Crippen MR) is 73.3 cm³/mol. The molecule has 0 amide bonds. The highest BCUT2D eigenvalue weighted by Gasteiger charge is 2.18. The van der Waals surface area contributed by atoms with Crippen LogP contribution in [0.4, 0.5) is 0 Å². The lowest BCUT2D eigenvalue weighted by Crippen LogP contribution is -2.21. The Hall–Kier alpha value is -1.66. The molecule has 18 heavy (non-hydrogen) atoms. The van der Waals surface area contributed by atoms with Crippen LogP contribution < -0.4 is 0 Å². The van der Waals surface area contributed by atoms with E-state index in [-0.39, 0.29) is 4.90 Å². The number of hydrogen-bond acceptors (Lipinski definition) is 4. The van der Waals surface area contributed by atoms with Crippen LogP contribution in [0.1, 0.15) is 4.88 Å². The average Bonchev–Trinajstić information content (AvgIpc) is 2.90. The molecule has 0 saturated carbocycles. The molecule has 2 rings (SSSR count). The van der Waals surface area contributed by atoms with Crippen molar-refractivity contribution in [3.63, 3.8) is 0 Å². The van der Waals surface area contributed by atoms with Crippen molar-refractivity contribution in [1.29, 1.82) is 0 Å². The van der Waals surface area contributed by atoms with Crippen LogP contribution in [0.15, 0.2) is 57.8 Å². The molecule has 0 spiro atoms. The fourth-order valence-corrected chi connectivity index (χ4v) is 2.87. The van der Waals surface area contributed by atoms with Gasteiger partial charge in [-0.05, 0) is 23.6 Å². The molecule has 0 fully saturated rings. The lowest BCUT2D eigenvalue weighted by Gasteiger charge is -2.12. The summed E-state index contributed by atoms with van der Waals surface area (Å²) in [6, 6.07) is 12.0. The Kier molecular flexibility index (Phi) is 3.78. The lowest BCUT2D eigenvalue weighted by molar-refractivity contribution is 0.491. The summed E-state index contributed by atoms with van der Waals surface area (Å²) in [6.07, 6.45) is 1.53. The van der Waals surface area contributed by atoms with Gasteiger partial charge in [0.25, 0.3) is 10.0 Å². The zero-order valence-electron chi connectivity index (χ0n) is 9.72. The molecule has 2 aromatic rings. The molecule has 4 nitrogen and oxygen atoms in total. The quantitative estimate of drug-likeness (QED) is 0.638. The van der Waals surface area contributed by atoms with E-state index in [0.29, 0.717) is 0 Å². The number of sulfonamides is 1. The highest BCUT2D eigenvalue weighted by atomic mass is 32.2. The van der Waals surface area contributed by atoms with Gasteiger partial charge in [0.2, 0.25) is 0 Å². The number of hydrazone groups is 1. The normalized spacial score (nSPS) is 11.8. The van der Waals surface area contributed by atoms with Gasteiger partial charge in [0, 0.05) is 11.9 Å². The van der Waals surface area contributed by atoms with Crippen molar-refractivity contribution < 1.29 is 8.42 Å². The van der Waals surface area contributed by atoms with Crippen LogP contribution in [0.5, 0.6) is 0 Å². The second-order valence-electron chi connectivity index (χ2n) is 3.51. The summed E-state index contributed by atoms with van der Waals surface area (Å²) in [4.78, 5) is 1.14. The first-order valence-corrected chi connectivity index (χ1v) is 7.54. The monoisotopic (exact) mass is 280 g/mol. The Morgan fingerprint density at radius 3 is 2.50 bits per heavy atom. The van der Waals surface area contributed by atoms with Crippen molar-refractivity contribution in [3.05, 3.63) is 52.7 Å². The van der Waals surface area contributed by atoms with Crippen LogP contribution in [0, 0.1) is 0 Å². The van der Waals surface area contributed by atoms with Crippen molar-refractivity contribution in [2.45, 2.75) is 4.90 Å². The molecule has 1 aromatic carbocycles. The third-order valence-corrected chi connectivity index (χ3v) is 4.74. The van der Waals surface area contributed by atoms with E-state index in [1.54, 1.807) is 30.3 Å². The minimum atomic E-state index is -3.55. The second-order valence-corrected chi connectivity index (χ2v) is 6.44. The van der Waals surface area contributed by atoms with Gasteiger partial charge in [0.15, 0.2) is 0 Å². The zero-order valence-corrected chi connectivity index (χ0v) is 11.4. The van der Waals surface area contributed by atoms with Gasteiger partial charge in [-0.25, -0.2) is 0 Å². The summed E-state index contributed by atoms with van der Waals surface area (Å²) in [5, 5.41) is 5.86. The van der Waals surface area contributed by atoms with Gasteiger partial charge in [0.05, 0.1) is 11.1 Å². The maximum atomic E-state index is 12.1. The van der Waals surface area contributed by atoms with E-state index in [9.17, 15) is 8.42 Å². The van der Waals surface area contributed by atoms with Gasteiger partial charge in [-0.15, -0.1) is 11.3 Å². The molecule has 0 unspecified atom stereocenters. The zero-order chi connectivity index (χ0) is 13.0. The number of thiophene rings is 1. The molecular weight excluding hydrogens is 268 g/mol. The van der Waals surface area contributed by atoms with E-state index < -0.39 is 10.0 Å². The van der Waals surface area contributed by atoms with Gasteiger partial charge >= 0.3 is 0 Å². The van der Waals surface area contributed by atoms with E-state index in [4.69, 9.17) is 0 Å². The molecule has 0 aliphatic carbocycles. The minimum Gasteiger partial charge on any atom is -0.200 e. The molecule has 0 radical (unpaired) electrons. The van der Waals surface area contributed by atoms with E-state index in [1.165, 1.54) is 24.6 Å². The third-order valence-electron chi connectivity index (χ3n) is 2.28. The van der Waals surface area contributed by atoms with E-state index in [1.807, 2.05) is 17.5 Å². The molecule has 0 N–H and O–H groups in total. The Bertz CT molecular complexity index is 619. The number of hydrogen-bond donors (Lipinski definition) is 0. The van der Waals surface area contributed by atoms with Crippen LogP contribution in [-0.2, 0) is 10.0 Å². The van der Waals surface area contributed by atoms with Gasteiger partial charge < -0.3 is 0 Å². The van der Waals surface area contributed by atoms with Crippen LogP contribution in [0.2, 0.25) is 0 Å². The fourth-order valence-electron chi connectivity index (χ4n) is 1.31. The summed E-state index contributed by atoms with van der Waals surface area (Å²) < 4.78 is 25.2. The average molecular weight is 280 g/mol. The van der Waals surface area contributed by atoms with E-state index >= 15 is 0 Å². The van der Waals surface area contributed by atoms with Crippen molar-refractivity contribution in [1.82, 2.24) is 4.41 Å². The topological polar surface area (TPSA) is 49.7 Å². The summed E-state index contributed by atoms with van der Waals surface area (Å²) in [5.74, 6) is 0. The molecular formula is C12H12N2O2S2. The van der Waals surface area contributed by atoms with Crippen LogP contribution in [0.3, 0.4) is 0 Å². The second kappa shape index (κ2) is 5.32. The number of nitrogens with zero attached hydrogens (tertiary/aromatic N) is 2. The van der Waals surface area contributed by atoms with Gasteiger partial charge in [-0.3, -0.25) is 0 Å². The maximum Gasteiger partial charge on any atom is 0.278 e. The van der Waals surface area contributed by atoms with Gasteiger partial charge in [-0.1, -0.05) is 24.3 Å². The van der Waals surface area contributed by atoms with Crippen molar-refractivity contribution in [2.75, 3.05) is 7.05 Å². The smallest absolute Gasteiger partial charge is 0.200 e. The van der Waals surface area contributed by atoms with Gasteiger partial charge in [-0.2, -0.15) is 17.9 Å². The lowest BCUT2D eigenvalue weighted by atomic mass is 10.4. The van der Waals surface area contributed by atoms with E-state index in [0.717, 1.165) is 9.29 Å². The fraction of sp³-hybridized carbons (Fsp3) is 0.0833. The highest BCUT2D eigenvalue weighted by molar-refractivity contribution is 7.89. The molecule has 0 atom stereocenters. The number of rotatable bonds is 4. The molecule has 1 aromatic heterocycles. The first-order chi connectivity index (χ1) is 8.60. The maximum absolute atomic E-state index is 12.1. The molecule has 1 heterocycles. The first kappa shape index (κ1) is 12.8. The SMILES string of the molecule is CN(/N=C/c1cccs1)S(=O)(=O)c1ccccc1. The van der Waals surface area contributed by atoms with Crippen LogP contribution >= 0.6 is 11.3 Å². The summed E-state index contributed by atoms with van der Waals surface area (Å²) >= 11 is 1.50. The largest absolute Gasteiger partial charge is 0.278 e. The Labute approximate surface area is 110 Å². The standard InChI is InChI=1S/C12H12N2O2S2/c1-14(13-10-11-6-5-9-17-11)18(15,16)12-7-3-2-4-8-12/h2-10H,1H3/b13-10+. The molecule has 0 saturated heterocycles. The molecule has 0 bridgehead atoms. The van der Waals surface area contributed by atoms with Crippen molar-refractivity contribution in [2.24, 2.45) is 5.10 Å². The molecule has 94 valence electrons. The first-order valence-electron chi connectivity index (χ1n) is 5.22. The molecule has 0 aliphatic heterocycles. The van der Waals surface area contributed by atoms with E-state index in [2.05, 4.69) is 5.10 Å². The third kappa shape index (κ3) is 2.77. The predicted octanol–water partition coefficient (Wildman–Crippen LogP) is 2.40. The minimum absolute atomic E-state index is 0.232. The highest BCUT2D eigenvalue weighted by Crippen LogP contribution is 2.14. The Morgan fingerprint density at radius 2 is 1.89 bits per heavy atom. The Morgan fingerprint density at radius 1 is 1.17 bits per heavy atom. The Balaban J connectivity index is 2.21. The molecule has 0 aliphatic rings. The van der Waals surface area contributed by atoms with Gasteiger partial charge in [0.1, 0.15) is 0 Å². The van der Waals surface area contributed by atoms with Crippen LogP contribution in [0.25, 0.3) is 0 Å². The van der Waals surface area contributed by atoms with Crippen molar-refractivity contribution >= 4 is 27.6 Å². The number of benzene rings is 1. The summed E-state index contributed by atoms with van der Waals surface area (Å²) in [5.41, 5.74) is 0. The van der Waals surface area contributed by atoms with Crippen LogP contribution in [-0.4, -0.2) is 26.1 Å². The summed E-state index contributed by atoms with van der Waals surface area (Å²) in [6.45, 7) is 0. The summed E-state index contributed by atoms with van der Waals surface area (Å²) in [7, 11) is -2.13. The molecule has 6 heteroatoms.